The number of methoxy groups -OCH3 is 1. The lowest BCUT2D eigenvalue weighted by Gasteiger charge is -2.10. The quantitative estimate of drug-likeness (QED) is 0.774. The maximum atomic E-state index is 12.3. The fourth-order valence-corrected chi connectivity index (χ4v) is 2.97. The van der Waals surface area contributed by atoms with Crippen molar-refractivity contribution in [1.82, 2.24) is 20.1 Å². The summed E-state index contributed by atoms with van der Waals surface area (Å²) in [5.74, 6) is 0.515. The van der Waals surface area contributed by atoms with Gasteiger partial charge in [-0.25, -0.2) is 9.67 Å². The Bertz CT molecular complexity index is 932. The van der Waals surface area contributed by atoms with E-state index in [1.807, 2.05) is 45.0 Å². The van der Waals surface area contributed by atoms with Crippen LogP contribution in [-0.4, -0.2) is 33.8 Å². The SMILES string of the molecule is COc1ccc(-n2nc(C)c3c(Cl)c(C(=O)NC(C)C)cnc32)cc1. The molecule has 0 bridgehead atoms. The number of carbonyl (C=O) groups is 1. The lowest BCUT2D eigenvalue weighted by atomic mass is 10.2. The Morgan fingerprint density at radius 3 is 2.56 bits per heavy atom. The zero-order valence-corrected chi connectivity index (χ0v) is 15.3. The van der Waals surface area contributed by atoms with Crippen molar-refractivity contribution in [1.29, 1.82) is 0 Å². The Kier molecular flexibility index (Phi) is 4.63. The highest BCUT2D eigenvalue weighted by atomic mass is 35.5. The summed E-state index contributed by atoms with van der Waals surface area (Å²) in [6.07, 6.45) is 1.49. The Balaban J connectivity index is 2.11. The summed E-state index contributed by atoms with van der Waals surface area (Å²) in [7, 11) is 1.62. The zero-order valence-electron chi connectivity index (χ0n) is 14.5. The molecule has 3 rings (SSSR count). The first-order valence-corrected chi connectivity index (χ1v) is 8.29. The maximum Gasteiger partial charge on any atom is 0.254 e. The van der Waals surface area contributed by atoms with E-state index >= 15 is 0 Å². The summed E-state index contributed by atoms with van der Waals surface area (Å²) >= 11 is 6.50. The predicted octanol–water partition coefficient (Wildman–Crippen LogP) is 3.53. The Morgan fingerprint density at radius 2 is 1.96 bits per heavy atom. The molecule has 2 heterocycles. The number of aryl methyl sites for hydroxylation is 1. The molecular formula is C18H19ClN4O2. The predicted molar refractivity (Wildman–Crippen MR) is 97.8 cm³/mol. The number of amides is 1. The molecule has 0 aliphatic heterocycles. The van der Waals surface area contributed by atoms with Gasteiger partial charge in [-0.3, -0.25) is 4.79 Å². The van der Waals surface area contributed by atoms with Crippen LogP contribution in [0.1, 0.15) is 29.9 Å². The Hall–Kier alpha value is -2.60. The minimum atomic E-state index is -0.244. The van der Waals surface area contributed by atoms with E-state index in [4.69, 9.17) is 16.3 Å². The number of rotatable bonds is 4. The van der Waals surface area contributed by atoms with Gasteiger partial charge < -0.3 is 10.1 Å². The van der Waals surface area contributed by atoms with Crippen molar-refractivity contribution in [3.8, 4) is 11.4 Å². The molecule has 6 nitrogen and oxygen atoms in total. The average molecular weight is 359 g/mol. The van der Waals surface area contributed by atoms with Crippen LogP contribution >= 0.6 is 11.6 Å². The Labute approximate surface area is 150 Å². The van der Waals surface area contributed by atoms with Crippen LogP contribution in [-0.2, 0) is 0 Å². The molecule has 0 saturated heterocycles. The molecule has 0 saturated carbocycles. The van der Waals surface area contributed by atoms with Crippen molar-refractivity contribution in [2.75, 3.05) is 7.11 Å². The van der Waals surface area contributed by atoms with Gasteiger partial charge in [-0.15, -0.1) is 0 Å². The molecule has 130 valence electrons. The van der Waals surface area contributed by atoms with Crippen LogP contribution in [0.25, 0.3) is 16.7 Å². The first-order chi connectivity index (χ1) is 11.9. The topological polar surface area (TPSA) is 69.0 Å². The number of ether oxygens (including phenoxy) is 1. The van der Waals surface area contributed by atoms with Crippen LogP contribution in [0.5, 0.6) is 5.75 Å². The summed E-state index contributed by atoms with van der Waals surface area (Å²) in [6, 6.07) is 7.50. The van der Waals surface area contributed by atoms with Crippen molar-refractivity contribution in [2.24, 2.45) is 0 Å². The number of nitrogens with zero attached hydrogens (tertiary/aromatic N) is 3. The highest BCUT2D eigenvalue weighted by molar-refractivity contribution is 6.38. The summed E-state index contributed by atoms with van der Waals surface area (Å²) in [4.78, 5) is 16.7. The van der Waals surface area contributed by atoms with Gasteiger partial charge in [0.25, 0.3) is 5.91 Å². The zero-order chi connectivity index (χ0) is 18.1. The van der Waals surface area contributed by atoms with E-state index in [2.05, 4.69) is 15.4 Å². The van der Waals surface area contributed by atoms with Gasteiger partial charge in [-0.05, 0) is 45.0 Å². The van der Waals surface area contributed by atoms with Crippen LogP contribution in [0.2, 0.25) is 5.02 Å². The van der Waals surface area contributed by atoms with Crippen molar-refractivity contribution in [3.05, 3.63) is 46.7 Å². The molecule has 0 aliphatic carbocycles. The van der Waals surface area contributed by atoms with Gasteiger partial charge in [0.05, 0.1) is 34.5 Å². The number of benzene rings is 1. The standard InChI is InChI=1S/C18H19ClN4O2/c1-10(2)21-18(24)14-9-20-17-15(16(14)19)11(3)22-23(17)12-5-7-13(25-4)8-6-12/h5-10H,1-4H3,(H,21,24). The molecule has 0 aliphatic rings. The molecule has 1 aromatic carbocycles. The van der Waals surface area contributed by atoms with Gasteiger partial charge in [-0.1, -0.05) is 11.6 Å². The third-order valence-corrected chi connectivity index (χ3v) is 4.18. The monoisotopic (exact) mass is 358 g/mol. The molecule has 0 unspecified atom stereocenters. The fraction of sp³-hybridized carbons (Fsp3) is 0.278. The molecule has 0 radical (unpaired) electrons. The Morgan fingerprint density at radius 1 is 1.28 bits per heavy atom. The molecule has 3 aromatic rings. The molecule has 0 atom stereocenters. The lowest BCUT2D eigenvalue weighted by molar-refractivity contribution is 0.0943. The van der Waals surface area contributed by atoms with Crippen molar-refractivity contribution >= 4 is 28.5 Å². The van der Waals surface area contributed by atoms with E-state index < -0.39 is 0 Å². The van der Waals surface area contributed by atoms with E-state index in [0.717, 1.165) is 11.4 Å². The van der Waals surface area contributed by atoms with Crippen molar-refractivity contribution in [3.63, 3.8) is 0 Å². The minimum absolute atomic E-state index is 0.0161. The first kappa shape index (κ1) is 17.2. The summed E-state index contributed by atoms with van der Waals surface area (Å²) in [5.41, 5.74) is 2.50. The average Bonchev–Trinajstić information content (AvgIpc) is 2.92. The van der Waals surface area contributed by atoms with Gasteiger partial charge in [0.2, 0.25) is 0 Å². The third kappa shape index (κ3) is 3.17. The molecule has 7 heteroatoms. The van der Waals surface area contributed by atoms with E-state index in [1.54, 1.807) is 11.8 Å². The second kappa shape index (κ2) is 6.72. The molecule has 0 fully saturated rings. The second-order valence-electron chi connectivity index (χ2n) is 6.01. The summed E-state index contributed by atoms with van der Waals surface area (Å²) in [6.45, 7) is 5.63. The number of pyridine rings is 1. The highest BCUT2D eigenvalue weighted by Gasteiger charge is 2.20. The largest absolute Gasteiger partial charge is 0.497 e. The minimum Gasteiger partial charge on any atom is -0.497 e. The van der Waals surface area contributed by atoms with Gasteiger partial charge in [0.15, 0.2) is 5.65 Å². The number of carbonyl (C=O) groups excluding carboxylic acids is 1. The number of hydrogen-bond acceptors (Lipinski definition) is 4. The number of halogens is 1. The number of hydrogen-bond donors (Lipinski definition) is 1. The molecule has 0 spiro atoms. The first-order valence-electron chi connectivity index (χ1n) is 7.91. The van der Waals surface area contributed by atoms with Crippen LogP contribution in [0.4, 0.5) is 0 Å². The smallest absolute Gasteiger partial charge is 0.254 e. The maximum absolute atomic E-state index is 12.3. The molecule has 25 heavy (non-hydrogen) atoms. The normalized spacial score (nSPS) is 11.1. The van der Waals surface area contributed by atoms with Gasteiger partial charge in [-0.2, -0.15) is 5.10 Å². The molecule has 2 aromatic heterocycles. The number of fused-ring (bicyclic) bond motifs is 1. The third-order valence-electron chi connectivity index (χ3n) is 3.79. The highest BCUT2D eigenvalue weighted by Crippen LogP contribution is 2.30. The molecular weight excluding hydrogens is 340 g/mol. The number of aromatic nitrogens is 3. The van der Waals surface area contributed by atoms with Crippen LogP contribution < -0.4 is 10.1 Å². The summed E-state index contributed by atoms with van der Waals surface area (Å²) < 4.78 is 6.89. The van der Waals surface area contributed by atoms with E-state index in [0.29, 0.717) is 27.3 Å². The van der Waals surface area contributed by atoms with E-state index in [1.165, 1.54) is 6.20 Å². The van der Waals surface area contributed by atoms with Gasteiger partial charge in [0.1, 0.15) is 5.75 Å². The lowest BCUT2D eigenvalue weighted by Crippen LogP contribution is -2.30. The van der Waals surface area contributed by atoms with E-state index in [9.17, 15) is 4.79 Å². The van der Waals surface area contributed by atoms with Crippen LogP contribution in [0.15, 0.2) is 30.5 Å². The van der Waals surface area contributed by atoms with Crippen molar-refractivity contribution < 1.29 is 9.53 Å². The van der Waals surface area contributed by atoms with Gasteiger partial charge >= 0.3 is 0 Å². The van der Waals surface area contributed by atoms with Crippen molar-refractivity contribution in [2.45, 2.75) is 26.8 Å². The van der Waals surface area contributed by atoms with Crippen LogP contribution in [0.3, 0.4) is 0 Å². The van der Waals surface area contributed by atoms with E-state index in [-0.39, 0.29) is 11.9 Å². The number of nitrogens with one attached hydrogen (secondary N) is 1. The molecule has 1 amide bonds. The fourth-order valence-electron chi connectivity index (χ4n) is 2.61. The van der Waals surface area contributed by atoms with Gasteiger partial charge in [0, 0.05) is 12.2 Å². The molecule has 1 N–H and O–H groups in total. The second-order valence-corrected chi connectivity index (χ2v) is 6.39. The van der Waals surface area contributed by atoms with Crippen LogP contribution in [0, 0.1) is 6.92 Å². The summed E-state index contributed by atoms with van der Waals surface area (Å²) in [5, 5.41) is 8.40.